The van der Waals surface area contributed by atoms with Crippen LogP contribution in [-0.2, 0) is 4.79 Å². The minimum atomic E-state index is -0.176. The van der Waals surface area contributed by atoms with Crippen LogP contribution in [0.3, 0.4) is 0 Å². The Bertz CT molecular complexity index is 1010. The van der Waals surface area contributed by atoms with Gasteiger partial charge in [-0.05, 0) is 18.2 Å². The first-order valence-corrected chi connectivity index (χ1v) is 8.79. The fourth-order valence-corrected chi connectivity index (χ4v) is 3.32. The van der Waals surface area contributed by atoms with Gasteiger partial charge in [-0.15, -0.1) is 11.3 Å². The predicted molar refractivity (Wildman–Crippen MR) is 106 cm³/mol. The third-order valence-corrected chi connectivity index (χ3v) is 4.62. The zero-order valence-corrected chi connectivity index (χ0v) is 15.0. The highest BCUT2D eigenvalue weighted by Crippen LogP contribution is 2.32. The molecule has 1 amide bonds. The molecule has 6 heteroatoms. The van der Waals surface area contributed by atoms with E-state index in [0.717, 1.165) is 27.0 Å². The zero-order valence-electron chi connectivity index (χ0n) is 14.2. The van der Waals surface area contributed by atoms with Crippen molar-refractivity contribution in [3.8, 4) is 17.6 Å². The van der Waals surface area contributed by atoms with Gasteiger partial charge in [-0.1, -0.05) is 30.0 Å². The lowest BCUT2D eigenvalue weighted by Gasteiger charge is -2.01. The van der Waals surface area contributed by atoms with Crippen molar-refractivity contribution in [2.45, 2.75) is 0 Å². The number of nitrogen functional groups attached to an aromatic ring is 1. The van der Waals surface area contributed by atoms with Gasteiger partial charge in [0.15, 0.2) is 0 Å². The number of aromatic nitrogens is 1. The van der Waals surface area contributed by atoms with Crippen molar-refractivity contribution in [3.05, 3.63) is 59.1 Å². The number of para-hydroxylation sites is 1. The Labute approximate surface area is 155 Å². The number of nitrogens with zero attached hydrogens (tertiary/aromatic N) is 1. The number of nitrogens with two attached hydrogens (primary N) is 1. The van der Waals surface area contributed by atoms with Crippen LogP contribution in [0.5, 0.6) is 5.75 Å². The van der Waals surface area contributed by atoms with Gasteiger partial charge >= 0.3 is 0 Å². The molecule has 130 valence electrons. The van der Waals surface area contributed by atoms with Crippen molar-refractivity contribution in [2.24, 2.45) is 0 Å². The van der Waals surface area contributed by atoms with Crippen LogP contribution in [0.1, 0.15) is 11.1 Å². The van der Waals surface area contributed by atoms with Crippen molar-refractivity contribution in [1.29, 1.82) is 0 Å². The summed E-state index contributed by atoms with van der Waals surface area (Å²) in [4.78, 5) is 15.6. The van der Waals surface area contributed by atoms with Crippen LogP contribution in [0, 0.1) is 11.8 Å². The number of carbonyl (C=O) groups excluding carboxylic acids is 1. The van der Waals surface area contributed by atoms with Gasteiger partial charge in [0.2, 0.25) is 5.91 Å². The summed E-state index contributed by atoms with van der Waals surface area (Å²) in [6, 6.07) is 9.52. The molecule has 0 bridgehead atoms. The zero-order chi connectivity index (χ0) is 18.4. The molecule has 2 aromatic heterocycles. The summed E-state index contributed by atoms with van der Waals surface area (Å²) >= 11 is 1.52. The normalized spacial score (nSPS) is 10.5. The third-order valence-electron chi connectivity index (χ3n) is 3.59. The van der Waals surface area contributed by atoms with Crippen LogP contribution in [-0.4, -0.2) is 24.5 Å². The number of hydrogen-bond donors (Lipinski definition) is 2. The van der Waals surface area contributed by atoms with Crippen LogP contribution in [0.15, 0.2) is 48.0 Å². The minimum Gasteiger partial charge on any atom is -0.481 e. The summed E-state index contributed by atoms with van der Waals surface area (Å²) in [5.41, 5.74) is 7.68. The van der Waals surface area contributed by atoms with E-state index in [1.165, 1.54) is 17.4 Å². The van der Waals surface area contributed by atoms with E-state index >= 15 is 0 Å². The highest BCUT2D eigenvalue weighted by molar-refractivity contribution is 7.17. The van der Waals surface area contributed by atoms with Gasteiger partial charge in [0.05, 0.1) is 5.39 Å². The number of pyridine rings is 1. The van der Waals surface area contributed by atoms with E-state index in [1.807, 2.05) is 35.7 Å². The summed E-state index contributed by atoms with van der Waals surface area (Å²) in [7, 11) is 1.58. The van der Waals surface area contributed by atoms with Crippen molar-refractivity contribution in [2.75, 3.05) is 19.4 Å². The second-order valence-electron chi connectivity index (χ2n) is 5.30. The average Bonchev–Trinajstić information content (AvgIpc) is 3.10. The standard InChI is InChI=1S/C20H17N3O2S/c1-22-17(24)10-9-14-12-23-20(21)18-15(13-26-19(14)18)6-5-11-25-16-7-3-2-4-8-16/h2-4,7-10,12-13H,11H2,1H3,(H2,21,23)(H,22,24)/b10-9+. The molecule has 0 saturated heterocycles. The lowest BCUT2D eigenvalue weighted by molar-refractivity contribution is -0.115. The third kappa shape index (κ3) is 4.02. The number of thiophene rings is 1. The van der Waals surface area contributed by atoms with Crippen molar-refractivity contribution < 1.29 is 9.53 Å². The number of carbonyl (C=O) groups is 1. The number of rotatable bonds is 4. The number of nitrogens with one attached hydrogen (secondary N) is 1. The van der Waals surface area contributed by atoms with E-state index in [-0.39, 0.29) is 12.5 Å². The van der Waals surface area contributed by atoms with Crippen LogP contribution in [0.4, 0.5) is 5.82 Å². The molecule has 0 radical (unpaired) electrons. The number of hydrogen-bond acceptors (Lipinski definition) is 5. The summed E-state index contributed by atoms with van der Waals surface area (Å²) < 4.78 is 6.52. The fraction of sp³-hybridized carbons (Fsp3) is 0.100. The maximum Gasteiger partial charge on any atom is 0.243 e. The number of benzene rings is 1. The monoisotopic (exact) mass is 363 g/mol. The van der Waals surface area contributed by atoms with Crippen molar-refractivity contribution in [3.63, 3.8) is 0 Å². The molecule has 0 unspecified atom stereocenters. The smallest absolute Gasteiger partial charge is 0.243 e. The first-order chi connectivity index (χ1) is 12.7. The number of ether oxygens (including phenoxy) is 1. The molecule has 26 heavy (non-hydrogen) atoms. The lowest BCUT2D eigenvalue weighted by Crippen LogP contribution is -2.13. The molecule has 3 aromatic rings. The Hall–Kier alpha value is -3.30. The summed E-state index contributed by atoms with van der Waals surface area (Å²) in [5, 5.41) is 5.29. The molecule has 0 spiro atoms. The lowest BCUT2D eigenvalue weighted by atomic mass is 10.1. The maximum atomic E-state index is 11.4. The van der Waals surface area contributed by atoms with Crippen LogP contribution >= 0.6 is 11.3 Å². The van der Waals surface area contributed by atoms with E-state index in [0.29, 0.717) is 5.82 Å². The molecule has 0 fully saturated rings. The molecule has 0 saturated carbocycles. The molecule has 0 atom stereocenters. The van der Waals surface area contributed by atoms with Gasteiger partial charge in [-0.25, -0.2) is 4.98 Å². The molecular formula is C20H17N3O2S. The number of amides is 1. The van der Waals surface area contributed by atoms with Gasteiger partial charge in [-0.2, -0.15) is 0 Å². The summed E-state index contributed by atoms with van der Waals surface area (Å²) in [6.45, 7) is 0.283. The number of fused-ring (bicyclic) bond motifs is 1. The highest BCUT2D eigenvalue weighted by atomic mass is 32.1. The van der Waals surface area contributed by atoms with Gasteiger partial charge in [-0.3, -0.25) is 4.79 Å². The largest absolute Gasteiger partial charge is 0.481 e. The second kappa shape index (κ2) is 8.19. The van der Waals surface area contributed by atoms with Gasteiger partial charge in [0, 0.05) is 40.5 Å². The Kier molecular flexibility index (Phi) is 5.52. The first kappa shape index (κ1) is 17.5. The molecule has 3 N–H and O–H groups in total. The van der Waals surface area contributed by atoms with Crippen molar-refractivity contribution in [1.82, 2.24) is 10.3 Å². The SMILES string of the molecule is CNC(=O)/C=C/c1cnc(N)c2c(C#CCOc3ccccc3)csc12. The number of likely N-dealkylation sites (N-methyl/N-ethyl adjacent to an activating group) is 1. The average molecular weight is 363 g/mol. The highest BCUT2D eigenvalue weighted by Gasteiger charge is 2.10. The van der Waals surface area contributed by atoms with E-state index < -0.39 is 0 Å². The molecule has 5 nitrogen and oxygen atoms in total. The van der Waals surface area contributed by atoms with E-state index in [2.05, 4.69) is 22.1 Å². The Balaban J connectivity index is 1.83. The summed E-state index contributed by atoms with van der Waals surface area (Å²) in [5.74, 6) is 7.12. The van der Waals surface area contributed by atoms with Crippen LogP contribution in [0.25, 0.3) is 16.2 Å². The van der Waals surface area contributed by atoms with Gasteiger partial charge < -0.3 is 15.8 Å². The second-order valence-corrected chi connectivity index (χ2v) is 6.18. The van der Waals surface area contributed by atoms with Gasteiger partial charge in [0.1, 0.15) is 18.2 Å². The first-order valence-electron chi connectivity index (χ1n) is 7.91. The topological polar surface area (TPSA) is 77.2 Å². The molecule has 0 aliphatic rings. The molecule has 0 aliphatic carbocycles. The van der Waals surface area contributed by atoms with Crippen LogP contribution in [0.2, 0.25) is 0 Å². The predicted octanol–water partition coefficient (Wildman–Crippen LogP) is 3.07. The van der Waals surface area contributed by atoms with E-state index in [4.69, 9.17) is 10.5 Å². The maximum absolute atomic E-state index is 11.4. The molecular weight excluding hydrogens is 346 g/mol. The minimum absolute atomic E-state index is 0.176. The van der Waals surface area contributed by atoms with E-state index in [1.54, 1.807) is 19.3 Å². The van der Waals surface area contributed by atoms with Crippen LogP contribution < -0.4 is 15.8 Å². The van der Waals surface area contributed by atoms with E-state index in [9.17, 15) is 4.79 Å². The molecule has 1 aromatic carbocycles. The Morgan fingerprint density at radius 1 is 1.38 bits per heavy atom. The van der Waals surface area contributed by atoms with Gasteiger partial charge in [0.25, 0.3) is 0 Å². The quantitative estimate of drug-likeness (QED) is 0.552. The van der Waals surface area contributed by atoms with Crippen molar-refractivity contribution >= 4 is 39.2 Å². The Morgan fingerprint density at radius 3 is 2.96 bits per heavy atom. The molecule has 3 rings (SSSR count). The molecule has 2 heterocycles. The Morgan fingerprint density at radius 2 is 2.19 bits per heavy atom. The fourth-order valence-electron chi connectivity index (χ4n) is 2.31. The summed E-state index contributed by atoms with van der Waals surface area (Å²) in [6.07, 6.45) is 4.84. The molecule has 0 aliphatic heterocycles. The number of anilines is 1.